The zero-order valence-electron chi connectivity index (χ0n) is 17.3. The lowest BCUT2D eigenvalue weighted by molar-refractivity contribution is -0.134. The van der Waals surface area contributed by atoms with E-state index in [9.17, 15) is 14.7 Å². The van der Waals surface area contributed by atoms with Crippen LogP contribution in [0.3, 0.4) is 0 Å². The van der Waals surface area contributed by atoms with Crippen LogP contribution in [-0.2, 0) is 22.4 Å². The number of benzene rings is 3. The van der Waals surface area contributed by atoms with Gasteiger partial charge in [0.25, 0.3) is 0 Å². The Morgan fingerprint density at radius 3 is 2.22 bits per heavy atom. The van der Waals surface area contributed by atoms with Crippen LogP contribution in [0.25, 0.3) is 6.08 Å². The molecule has 3 aromatic carbocycles. The van der Waals surface area contributed by atoms with Crippen molar-refractivity contribution in [1.82, 2.24) is 5.32 Å². The smallest absolute Gasteiger partial charge is 0.352 e. The van der Waals surface area contributed by atoms with Crippen LogP contribution in [0.4, 0.5) is 0 Å². The fraction of sp³-hybridized carbons (Fsp3) is 0.154. The fourth-order valence-electron chi connectivity index (χ4n) is 3.86. The zero-order valence-corrected chi connectivity index (χ0v) is 18.8. The number of rotatable bonds is 7. The average Bonchev–Trinajstić information content (AvgIpc) is 3.18. The molecule has 0 heterocycles. The molecule has 0 radical (unpaired) electrons. The maximum atomic E-state index is 12.5. The molecule has 0 saturated heterocycles. The third-order valence-electron chi connectivity index (χ3n) is 5.37. The number of fused-ring (bicyclic) bond motifs is 1. The summed E-state index contributed by atoms with van der Waals surface area (Å²) in [5.41, 5.74) is 3.04. The number of carboxylic acid groups (broad SMARTS) is 1. The van der Waals surface area contributed by atoms with E-state index >= 15 is 0 Å². The highest BCUT2D eigenvalue weighted by atomic mass is 79.9. The van der Waals surface area contributed by atoms with Gasteiger partial charge in [0, 0.05) is 6.42 Å². The van der Waals surface area contributed by atoms with Crippen LogP contribution < -0.4 is 10.1 Å². The predicted octanol–water partition coefficient (Wildman–Crippen LogP) is 5.59. The fourth-order valence-corrected chi connectivity index (χ4v) is 4.23. The second-order valence-electron chi connectivity index (χ2n) is 7.76. The van der Waals surface area contributed by atoms with Crippen LogP contribution in [0, 0.1) is 5.92 Å². The Kier molecular flexibility index (Phi) is 6.71. The van der Waals surface area contributed by atoms with Crippen molar-refractivity contribution in [3.8, 4) is 11.5 Å². The minimum Gasteiger partial charge on any atom is -0.477 e. The predicted molar refractivity (Wildman–Crippen MR) is 126 cm³/mol. The number of ether oxygens (including phenoxy) is 1. The van der Waals surface area contributed by atoms with E-state index in [1.54, 1.807) is 24.3 Å². The van der Waals surface area contributed by atoms with Gasteiger partial charge in [-0.05, 0) is 81.7 Å². The summed E-state index contributed by atoms with van der Waals surface area (Å²) >= 11 is 3.44. The SMILES string of the molecule is O=C(CC1Cc2ccccc2C1)N/C(=C/c1ccc(Oc2ccccc2Br)cc1)C(=O)O. The number of carbonyl (C=O) groups excluding carboxylic acids is 1. The lowest BCUT2D eigenvalue weighted by atomic mass is 10.0. The van der Waals surface area contributed by atoms with Gasteiger partial charge in [-0.25, -0.2) is 4.79 Å². The summed E-state index contributed by atoms with van der Waals surface area (Å²) < 4.78 is 6.67. The number of aliphatic carboxylic acids is 1. The topological polar surface area (TPSA) is 75.6 Å². The number of amides is 1. The minimum atomic E-state index is -1.18. The quantitative estimate of drug-likeness (QED) is 0.422. The van der Waals surface area contributed by atoms with Gasteiger partial charge in [-0.1, -0.05) is 48.5 Å². The lowest BCUT2D eigenvalue weighted by Crippen LogP contribution is -2.29. The van der Waals surface area contributed by atoms with Gasteiger partial charge in [0.2, 0.25) is 5.91 Å². The molecule has 3 aromatic rings. The van der Waals surface area contributed by atoms with E-state index in [4.69, 9.17) is 4.74 Å². The van der Waals surface area contributed by atoms with Gasteiger partial charge >= 0.3 is 5.97 Å². The number of para-hydroxylation sites is 1. The molecule has 5 nitrogen and oxygen atoms in total. The molecule has 1 aliphatic carbocycles. The van der Waals surface area contributed by atoms with E-state index in [0.29, 0.717) is 17.1 Å². The Hall–Kier alpha value is -3.38. The minimum absolute atomic E-state index is 0.148. The first-order valence-electron chi connectivity index (χ1n) is 10.3. The van der Waals surface area contributed by atoms with Crippen LogP contribution in [0.2, 0.25) is 0 Å². The molecule has 1 amide bonds. The second kappa shape index (κ2) is 9.83. The van der Waals surface area contributed by atoms with Crippen LogP contribution in [-0.4, -0.2) is 17.0 Å². The Morgan fingerprint density at radius 2 is 1.59 bits per heavy atom. The first-order valence-corrected chi connectivity index (χ1v) is 11.1. The van der Waals surface area contributed by atoms with E-state index in [1.165, 1.54) is 17.2 Å². The van der Waals surface area contributed by atoms with Gasteiger partial charge < -0.3 is 15.2 Å². The molecule has 0 bridgehead atoms. The standard InChI is InChI=1S/C26H22BrNO4/c27-22-7-3-4-8-24(22)32-21-11-9-17(10-12-21)15-23(26(30)31)28-25(29)16-18-13-19-5-1-2-6-20(19)14-18/h1-12,15,18H,13-14,16H2,(H,28,29)(H,30,31)/b23-15+. The van der Waals surface area contributed by atoms with Crippen molar-refractivity contribution in [2.24, 2.45) is 5.92 Å². The van der Waals surface area contributed by atoms with E-state index in [0.717, 1.165) is 17.3 Å². The second-order valence-corrected chi connectivity index (χ2v) is 8.61. The maximum Gasteiger partial charge on any atom is 0.352 e. The van der Waals surface area contributed by atoms with E-state index in [2.05, 4.69) is 33.4 Å². The molecule has 0 saturated carbocycles. The molecule has 0 fully saturated rings. The third-order valence-corrected chi connectivity index (χ3v) is 6.02. The molecule has 1 aliphatic rings. The molecular formula is C26H22BrNO4. The number of hydrogen-bond donors (Lipinski definition) is 2. The number of carbonyl (C=O) groups is 2. The van der Waals surface area contributed by atoms with Crippen molar-refractivity contribution in [1.29, 1.82) is 0 Å². The summed E-state index contributed by atoms with van der Waals surface area (Å²) in [6.45, 7) is 0. The lowest BCUT2D eigenvalue weighted by Gasteiger charge is -2.11. The van der Waals surface area contributed by atoms with Crippen molar-refractivity contribution in [2.75, 3.05) is 0 Å². The molecule has 0 unspecified atom stereocenters. The summed E-state index contributed by atoms with van der Waals surface area (Å²) in [6, 6.07) is 22.7. The van der Waals surface area contributed by atoms with Gasteiger partial charge in [0.05, 0.1) is 4.47 Å². The molecule has 162 valence electrons. The van der Waals surface area contributed by atoms with E-state index in [1.807, 2.05) is 36.4 Å². The highest BCUT2D eigenvalue weighted by Crippen LogP contribution is 2.30. The Labute approximate surface area is 194 Å². The number of hydrogen-bond acceptors (Lipinski definition) is 3. The van der Waals surface area contributed by atoms with Crippen molar-refractivity contribution in [2.45, 2.75) is 19.3 Å². The van der Waals surface area contributed by atoms with Crippen molar-refractivity contribution >= 4 is 33.9 Å². The zero-order chi connectivity index (χ0) is 22.5. The first kappa shape index (κ1) is 21.8. The van der Waals surface area contributed by atoms with Gasteiger partial charge in [0.15, 0.2) is 0 Å². The van der Waals surface area contributed by atoms with Crippen LogP contribution in [0.15, 0.2) is 83.0 Å². The van der Waals surface area contributed by atoms with E-state index in [-0.39, 0.29) is 23.9 Å². The molecule has 0 aliphatic heterocycles. The molecule has 0 aromatic heterocycles. The normalized spacial score (nSPS) is 13.5. The molecule has 4 rings (SSSR count). The Morgan fingerprint density at radius 1 is 0.969 bits per heavy atom. The maximum absolute atomic E-state index is 12.5. The Balaban J connectivity index is 1.39. The van der Waals surface area contributed by atoms with Gasteiger partial charge in [-0.3, -0.25) is 4.79 Å². The third kappa shape index (κ3) is 5.45. The van der Waals surface area contributed by atoms with Gasteiger partial charge in [-0.15, -0.1) is 0 Å². The van der Waals surface area contributed by atoms with Crippen LogP contribution in [0.1, 0.15) is 23.1 Å². The molecular weight excluding hydrogens is 470 g/mol. The number of nitrogens with one attached hydrogen (secondary N) is 1. The summed E-state index contributed by atoms with van der Waals surface area (Å²) in [5.74, 6) is 0.0298. The van der Waals surface area contributed by atoms with Gasteiger partial charge in [0.1, 0.15) is 17.2 Å². The monoisotopic (exact) mass is 491 g/mol. The highest BCUT2D eigenvalue weighted by molar-refractivity contribution is 9.10. The molecule has 0 atom stereocenters. The molecule has 6 heteroatoms. The van der Waals surface area contributed by atoms with E-state index < -0.39 is 5.97 Å². The number of halogens is 1. The highest BCUT2D eigenvalue weighted by Gasteiger charge is 2.24. The summed E-state index contributed by atoms with van der Waals surface area (Å²) in [6.07, 6.45) is 3.42. The van der Waals surface area contributed by atoms with Crippen molar-refractivity contribution in [3.05, 3.63) is 99.7 Å². The van der Waals surface area contributed by atoms with Crippen molar-refractivity contribution in [3.63, 3.8) is 0 Å². The molecule has 0 spiro atoms. The van der Waals surface area contributed by atoms with Crippen molar-refractivity contribution < 1.29 is 19.4 Å². The van der Waals surface area contributed by atoms with Crippen LogP contribution in [0.5, 0.6) is 11.5 Å². The molecule has 32 heavy (non-hydrogen) atoms. The number of carboxylic acids is 1. The summed E-state index contributed by atoms with van der Waals surface area (Å²) in [7, 11) is 0. The Bertz CT molecular complexity index is 1150. The molecule has 2 N–H and O–H groups in total. The summed E-state index contributed by atoms with van der Waals surface area (Å²) in [4.78, 5) is 24.2. The largest absolute Gasteiger partial charge is 0.477 e. The summed E-state index contributed by atoms with van der Waals surface area (Å²) in [5, 5.41) is 12.1. The van der Waals surface area contributed by atoms with Crippen LogP contribution >= 0.6 is 15.9 Å². The van der Waals surface area contributed by atoms with Gasteiger partial charge in [-0.2, -0.15) is 0 Å². The average molecular weight is 492 g/mol. The first-order chi connectivity index (χ1) is 15.5.